The summed E-state index contributed by atoms with van der Waals surface area (Å²) in [6.07, 6.45) is 1.82. The molecule has 0 saturated heterocycles. The molecule has 0 spiro atoms. The average Bonchev–Trinajstić information content (AvgIpc) is 3.64. The molecule has 0 aliphatic heterocycles. The van der Waals surface area contributed by atoms with Crippen LogP contribution in [0.2, 0.25) is 0 Å². The second kappa shape index (κ2) is 9.23. The molecule has 2 aromatic carbocycles. The van der Waals surface area contributed by atoms with Crippen LogP contribution < -0.4 is 21.8 Å². The molecule has 2 aromatic heterocycles. The summed E-state index contributed by atoms with van der Waals surface area (Å²) in [5.74, 6) is -0.465. The highest BCUT2D eigenvalue weighted by Gasteiger charge is 2.31. The highest BCUT2D eigenvalue weighted by molar-refractivity contribution is 14.1. The van der Waals surface area contributed by atoms with Crippen molar-refractivity contribution in [3.8, 4) is 11.1 Å². The Morgan fingerprint density at radius 1 is 1.14 bits per heavy atom. The fourth-order valence-corrected chi connectivity index (χ4v) is 5.05. The zero-order valence-corrected chi connectivity index (χ0v) is 21.8. The summed E-state index contributed by atoms with van der Waals surface area (Å²) in [5, 5.41) is 6.45. The van der Waals surface area contributed by atoms with Gasteiger partial charge >= 0.3 is 5.63 Å². The lowest BCUT2D eigenvalue weighted by atomic mass is 9.98. The maximum Gasteiger partial charge on any atom is 0.341 e. The lowest BCUT2D eigenvalue weighted by Gasteiger charge is -2.19. The number of anilines is 2. The molecular weight excluding hydrogens is 560 g/mol. The average molecular weight is 585 g/mol. The number of aromatic nitrogens is 1. The normalized spacial score (nSPS) is 13.4. The monoisotopic (exact) mass is 585 g/mol. The fraction of sp³-hybridized carbons (Fsp3) is 0.259. The van der Waals surface area contributed by atoms with Crippen LogP contribution in [0, 0.1) is 23.2 Å². The van der Waals surface area contributed by atoms with E-state index in [1.807, 2.05) is 60.8 Å². The molecule has 2 N–H and O–H groups in total. The first-order chi connectivity index (χ1) is 16.8. The Morgan fingerprint density at radius 3 is 2.60 bits per heavy atom. The van der Waals surface area contributed by atoms with Gasteiger partial charge in [0.25, 0.3) is 5.56 Å². The van der Waals surface area contributed by atoms with E-state index in [0.717, 1.165) is 33.2 Å². The summed E-state index contributed by atoms with van der Waals surface area (Å²) < 4.78 is 23.1. The number of pyridine rings is 1. The van der Waals surface area contributed by atoms with Crippen LogP contribution in [-0.4, -0.2) is 11.6 Å². The van der Waals surface area contributed by atoms with Gasteiger partial charge in [0, 0.05) is 27.4 Å². The topological polar surface area (TPSA) is 76.3 Å². The molecule has 0 unspecified atom stereocenters. The minimum absolute atomic E-state index is 0.0984. The third-order valence-electron chi connectivity index (χ3n) is 6.44. The van der Waals surface area contributed by atoms with Crippen molar-refractivity contribution in [2.75, 3.05) is 12.4 Å². The molecule has 6 nitrogen and oxygen atoms in total. The first-order valence-corrected chi connectivity index (χ1v) is 12.6. The van der Waals surface area contributed by atoms with E-state index < -0.39 is 11.4 Å². The van der Waals surface area contributed by atoms with Crippen molar-refractivity contribution in [1.82, 2.24) is 9.88 Å². The van der Waals surface area contributed by atoms with E-state index in [9.17, 15) is 14.0 Å². The van der Waals surface area contributed by atoms with Gasteiger partial charge in [-0.15, -0.1) is 0 Å². The standard InChI is InChI=1S/C27H25FIN3O3/c1-14-24(31-21-10-7-18(29)12-20(21)28)23-25(35-27(14)34)22(15(2)32(26(23)33)19-8-9-19)17-6-4-5-16(11-17)13-30-3/h4-7,10-12,19,30-31H,8-9,13H2,1-3H3. The lowest BCUT2D eigenvalue weighted by molar-refractivity contribution is 0.553. The third kappa shape index (κ3) is 4.29. The molecule has 35 heavy (non-hydrogen) atoms. The van der Waals surface area contributed by atoms with Crippen LogP contribution in [0.3, 0.4) is 0 Å². The Bertz CT molecular complexity index is 1590. The largest absolute Gasteiger partial charge is 0.421 e. The Kier molecular flexibility index (Phi) is 6.27. The van der Waals surface area contributed by atoms with E-state index in [1.54, 1.807) is 23.6 Å². The molecular formula is C27H25FIN3O3. The van der Waals surface area contributed by atoms with E-state index in [4.69, 9.17) is 4.42 Å². The van der Waals surface area contributed by atoms with Gasteiger partial charge in [-0.25, -0.2) is 9.18 Å². The van der Waals surface area contributed by atoms with Crippen molar-refractivity contribution in [3.63, 3.8) is 0 Å². The number of nitrogens with one attached hydrogen (secondary N) is 2. The minimum atomic E-state index is -0.568. The summed E-state index contributed by atoms with van der Waals surface area (Å²) in [5.41, 5.74) is 3.49. The molecule has 8 heteroatoms. The van der Waals surface area contributed by atoms with Gasteiger partial charge in [-0.2, -0.15) is 0 Å². The Morgan fingerprint density at radius 2 is 1.91 bits per heavy atom. The molecule has 0 atom stereocenters. The summed E-state index contributed by atoms with van der Waals surface area (Å²) in [6, 6.07) is 12.8. The van der Waals surface area contributed by atoms with Crippen LogP contribution in [0.5, 0.6) is 0 Å². The Balaban J connectivity index is 1.86. The maximum absolute atomic E-state index is 14.8. The van der Waals surface area contributed by atoms with Gasteiger partial charge in [0.05, 0.1) is 16.9 Å². The summed E-state index contributed by atoms with van der Waals surface area (Å²) >= 11 is 2.04. The second-order valence-corrected chi connectivity index (χ2v) is 10.2. The molecule has 0 radical (unpaired) electrons. The van der Waals surface area contributed by atoms with Crippen LogP contribution >= 0.6 is 22.6 Å². The van der Waals surface area contributed by atoms with E-state index in [1.165, 1.54) is 6.07 Å². The van der Waals surface area contributed by atoms with E-state index >= 15 is 0 Å². The van der Waals surface area contributed by atoms with E-state index in [-0.39, 0.29) is 39.5 Å². The van der Waals surface area contributed by atoms with Crippen molar-refractivity contribution in [2.45, 2.75) is 39.3 Å². The highest BCUT2D eigenvalue weighted by atomic mass is 127. The van der Waals surface area contributed by atoms with Crippen LogP contribution in [0.4, 0.5) is 15.8 Å². The molecule has 1 aliphatic rings. The quantitative estimate of drug-likeness (QED) is 0.281. The first kappa shape index (κ1) is 23.7. The number of halogens is 2. The molecule has 4 aromatic rings. The number of benzene rings is 2. The predicted octanol–water partition coefficient (Wildman–Crippen LogP) is 5.78. The van der Waals surface area contributed by atoms with Gasteiger partial charge in [0.1, 0.15) is 11.2 Å². The van der Waals surface area contributed by atoms with Crippen molar-refractivity contribution >= 4 is 44.9 Å². The molecule has 1 aliphatic carbocycles. The highest BCUT2D eigenvalue weighted by Crippen LogP contribution is 2.40. The van der Waals surface area contributed by atoms with Crippen LogP contribution in [0.1, 0.15) is 35.7 Å². The zero-order valence-electron chi connectivity index (χ0n) is 19.7. The van der Waals surface area contributed by atoms with Crippen LogP contribution in [-0.2, 0) is 6.54 Å². The van der Waals surface area contributed by atoms with Crippen molar-refractivity contribution < 1.29 is 8.81 Å². The van der Waals surface area contributed by atoms with Gasteiger partial charge < -0.3 is 19.6 Å². The summed E-state index contributed by atoms with van der Waals surface area (Å²) in [6.45, 7) is 4.16. The summed E-state index contributed by atoms with van der Waals surface area (Å²) in [7, 11) is 1.88. The van der Waals surface area contributed by atoms with Crippen molar-refractivity contribution in [1.29, 1.82) is 0 Å². The van der Waals surface area contributed by atoms with Gasteiger partial charge in [-0.1, -0.05) is 18.2 Å². The van der Waals surface area contributed by atoms with Gasteiger partial charge in [-0.05, 0) is 91.7 Å². The number of hydrogen-bond donors (Lipinski definition) is 2. The lowest BCUT2D eigenvalue weighted by Crippen LogP contribution is -2.25. The molecule has 2 heterocycles. The number of hydrogen-bond acceptors (Lipinski definition) is 5. The predicted molar refractivity (Wildman–Crippen MR) is 145 cm³/mol. The Labute approximate surface area is 215 Å². The molecule has 5 rings (SSSR count). The van der Waals surface area contributed by atoms with Gasteiger partial charge in [0.2, 0.25) is 0 Å². The van der Waals surface area contributed by atoms with E-state index in [0.29, 0.717) is 12.1 Å². The molecule has 0 bridgehead atoms. The van der Waals surface area contributed by atoms with Gasteiger partial charge in [-0.3, -0.25) is 4.79 Å². The summed E-state index contributed by atoms with van der Waals surface area (Å²) in [4.78, 5) is 26.8. The smallest absolute Gasteiger partial charge is 0.341 e. The van der Waals surface area contributed by atoms with E-state index in [2.05, 4.69) is 10.6 Å². The van der Waals surface area contributed by atoms with Crippen molar-refractivity contribution in [2.24, 2.45) is 0 Å². The molecule has 180 valence electrons. The number of nitrogens with zero attached hydrogens (tertiary/aromatic N) is 1. The molecule has 1 saturated carbocycles. The van der Waals surface area contributed by atoms with Crippen LogP contribution in [0.25, 0.3) is 22.1 Å². The van der Waals surface area contributed by atoms with Gasteiger partial charge in [0.15, 0.2) is 5.58 Å². The zero-order chi connectivity index (χ0) is 24.9. The fourth-order valence-electron chi connectivity index (χ4n) is 4.60. The molecule has 1 fully saturated rings. The van der Waals surface area contributed by atoms with Crippen LogP contribution in [0.15, 0.2) is 56.5 Å². The van der Waals surface area contributed by atoms with Crippen molar-refractivity contribution in [3.05, 3.63) is 89.4 Å². The minimum Gasteiger partial charge on any atom is -0.421 e. The third-order valence-corrected chi connectivity index (χ3v) is 7.11. The second-order valence-electron chi connectivity index (χ2n) is 8.94. The molecule has 0 amide bonds. The first-order valence-electron chi connectivity index (χ1n) is 11.5. The number of fused-ring (bicyclic) bond motifs is 1. The maximum atomic E-state index is 14.8. The SMILES string of the molecule is CNCc1cccc(-c2c(C)n(C3CC3)c(=O)c3c(Nc4ccc(I)cc4F)c(C)c(=O)oc23)c1. The Hall–Kier alpha value is -2.98. The number of rotatable bonds is 6.